The van der Waals surface area contributed by atoms with Crippen LogP contribution in [-0.4, -0.2) is 49.7 Å². The monoisotopic (exact) mass is 536 g/mol. The van der Waals surface area contributed by atoms with E-state index in [0.717, 1.165) is 43.1 Å². The van der Waals surface area contributed by atoms with E-state index in [4.69, 9.17) is 11.6 Å². The Bertz CT molecular complexity index is 1220. The summed E-state index contributed by atoms with van der Waals surface area (Å²) in [6.07, 6.45) is 4.72. The molecule has 8 nitrogen and oxygen atoms in total. The van der Waals surface area contributed by atoms with Gasteiger partial charge in [0.25, 0.3) is 10.2 Å². The van der Waals surface area contributed by atoms with Crippen molar-refractivity contribution in [3.05, 3.63) is 64.9 Å². The molecule has 1 saturated heterocycles. The third-order valence-electron chi connectivity index (χ3n) is 6.42. The lowest BCUT2D eigenvalue weighted by molar-refractivity contribution is -0.127. The van der Waals surface area contributed by atoms with Crippen molar-refractivity contribution >= 4 is 39.3 Å². The fourth-order valence-corrected chi connectivity index (χ4v) is 5.99. The Hall–Kier alpha value is -2.53. The molecule has 0 spiro atoms. The number of carbonyl (C=O) groups is 2. The minimum Gasteiger partial charge on any atom is -0.351 e. The maximum atomic E-state index is 14.3. The zero-order valence-electron chi connectivity index (χ0n) is 20.0. The minimum absolute atomic E-state index is 0.0562. The van der Waals surface area contributed by atoms with Gasteiger partial charge in [0.2, 0.25) is 11.8 Å². The smallest absolute Gasteiger partial charge is 0.280 e. The Labute approximate surface area is 216 Å². The molecule has 194 valence electrons. The molecule has 1 aliphatic carbocycles. The lowest BCUT2D eigenvalue weighted by atomic mass is 9.94. The molecular weight excluding hydrogens is 507 g/mol. The van der Waals surface area contributed by atoms with Crippen LogP contribution >= 0.6 is 11.6 Å². The number of rotatable bonds is 9. The molecule has 11 heteroatoms. The van der Waals surface area contributed by atoms with E-state index in [2.05, 4.69) is 10.0 Å². The summed E-state index contributed by atoms with van der Waals surface area (Å²) in [5.74, 6) is -1.78. The molecule has 2 amide bonds. The van der Waals surface area contributed by atoms with Gasteiger partial charge >= 0.3 is 0 Å². The normalized spacial score (nSPS) is 18.3. The van der Waals surface area contributed by atoms with Crippen LogP contribution in [-0.2, 0) is 19.8 Å². The van der Waals surface area contributed by atoms with Crippen molar-refractivity contribution < 1.29 is 22.4 Å². The second kappa shape index (κ2) is 11.2. The summed E-state index contributed by atoms with van der Waals surface area (Å²) in [6.45, 7) is 2.14. The van der Waals surface area contributed by atoms with Crippen molar-refractivity contribution in [2.75, 3.05) is 18.0 Å². The summed E-state index contributed by atoms with van der Waals surface area (Å²) in [4.78, 5) is 28.8. The van der Waals surface area contributed by atoms with Crippen molar-refractivity contribution in [3.8, 4) is 0 Å². The summed E-state index contributed by atoms with van der Waals surface area (Å²) < 4.78 is 42.9. The van der Waals surface area contributed by atoms with Gasteiger partial charge in [-0.1, -0.05) is 55.1 Å². The lowest BCUT2D eigenvalue weighted by Crippen LogP contribution is -2.53. The molecule has 0 bridgehead atoms. The second-order valence-electron chi connectivity index (χ2n) is 9.20. The number of nitrogens with zero attached hydrogens (tertiary/aromatic N) is 2. The Morgan fingerprint density at radius 2 is 1.78 bits per heavy atom. The van der Waals surface area contributed by atoms with E-state index >= 15 is 0 Å². The Morgan fingerprint density at radius 3 is 2.42 bits per heavy atom. The second-order valence-corrected chi connectivity index (χ2v) is 11.3. The average Bonchev–Trinajstić information content (AvgIpc) is 3.69. The Balaban J connectivity index is 1.75. The Morgan fingerprint density at radius 1 is 1.08 bits per heavy atom. The molecule has 1 aliphatic heterocycles. The van der Waals surface area contributed by atoms with Crippen LogP contribution in [0.25, 0.3) is 0 Å². The largest absolute Gasteiger partial charge is 0.351 e. The maximum Gasteiger partial charge on any atom is 0.280 e. The molecule has 2 aromatic rings. The van der Waals surface area contributed by atoms with Crippen molar-refractivity contribution in [1.29, 1.82) is 0 Å². The van der Waals surface area contributed by atoms with Crippen LogP contribution in [0, 0.1) is 5.82 Å². The maximum absolute atomic E-state index is 14.3. The van der Waals surface area contributed by atoms with E-state index in [1.165, 1.54) is 29.4 Å². The van der Waals surface area contributed by atoms with Gasteiger partial charge < -0.3 is 5.32 Å². The SMILES string of the molecule is C[C@@H](NS(=O)(=O)N1CC1)C(=O)N(c1cccc(F)c1)C(C(=O)NC1CCCCC1)c1ccccc1Cl. The molecule has 2 aromatic carbocycles. The van der Waals surface area contributed by atoms with Gasteiger partial charge in [-0.15, -0.1) is 0 Å². The van der Waals surface area contributed by atoms with Gasteiger partial charge in [0, 0.05) is 35.4 Å². The Kier molecular flexibility index (Phi) is 8.29. The first-order valence-electron chi connectivity index (χ1n) is 12.1. The number of hydrogen-bond donors (Lipinski definition) is 2. The van der Waals surface area contributed by atoms with E-state index < -0.39 is 39.9 Å². The molecule has 36 heavy (non-hydrogen) atoms. The predicted molar refractivity (Wildman–Crippen MR) is 136 cm³/mol. The van der Waals surface area contributed by atoms with E-state index in [1.807, 2.05) is 0 Å². The highest BCUT2D eigenvalue weighted by molar-refractivity contribution is 7.87. The van der Waals surface area contributed by atoms with Crippen LogP contribution in [0.2, 0.25) is 5.02 Å². The molecule has 2 N–H and O–H groups in total. The average molecular weight is 537 g/mol. The van der Waals surface area contributed by atoms with Crippen LogP contribution in [0.3, 0.4) is 0 Å². The zero-order valence-corrected chi connectivity index (χ0v) is 21.6. The van der Waals surface area contributed by atoms with Gasteiger partial charge in [-0.25, -0.2) is 4.39 Å². The highest BCUT2D eigenvalue weighted by Gasteiger charge is 2.40. The van der Waals surface area contributed by atoms with Crippen LogP contribution in [0.1, 0.15) is 50.6 Å². The number of anilines is 1. The molecule has 1 saturated carbocycles. The topological polar surface area (TPSA) is 98.6 Å². The number of hydrogen-bond acceptors (Lipinski definition) is 4. The van der Waals surface area contributed by atoms with Crippen molar-refractivity contribution in [1.82, 2.24) is 14.3 Å². The lowest BCUT2D eigenvalue weighted by Gasteiger charge is -2.35. The minimum atomic E-state index is -3.86. The molecule has 0 aromatic heterocycles. The summed E-state index contributed by atoms with van der Waals surface area (Å²) in [6, 6.07) is 9.42. The molecule has 2 aliphatic rings. The van der Waals surface area contributed by atoms with E-state index in [9.17, 15) is 22.4 Å². The first-order chi connectivity index (χ1) is 17.2. The number of carbonyl (C=O) groups excluding carboxylic acids is 2. The number of benzene rings is 2. The fourth-order valence-electron chi connectivity index (χ4n) is 4.49. The van der Waals surface area contributed by atoms with Crippen LogP contribution in [0.4, 0.5) is 10.1 Å². The van der Waals surface area contributed by atoms with E-state index in [-0.39, 0.29) is 16.8 Å². The molecule has 1 heterocycles. The van der Waals surface area contributed by atoms with Crippen molar-refractivity contribution in [3.63, 3.8) is 0 Å². The van der Waals surface area contributed by atoms with Crippen molar-refractivity contribution in [2.45, 2.75) is 57.2 Å². The number of halogens is 2. The molecular formula is C25H30ClFN4O4S. The highest BCUT2D eigenvalue weighted by Crippen LogP contribution is 2.33. The van der Waals surface area contributed by atoms with Crippen LogP contribution < -0.4 is 14.9 Å². The number of nitrogens with one attached hydrogen (secondary N) is 2. The van der Waals surface area contributed by atoms with Gasteiger partial charge in [-0.2, -0.15) is 17.4 Å². The van der Waals surface area contributed by atoms with Gasteiger partial charge in [0.15, 0.2) is 0 Å². The third kappa shape index (κ3) is 6.23. The predicted octanol–water partition coefficient (Wildman–Crippen LogP) is 3.54. The zero-order chi connectivity index (χ0) is 25.9. The first-order valence-corrected chi connectivity index (χ1v) is 13.9. The highest BCUT2D eigenvalue weighted by atomic mass is 35.5. The molecule has 0 radical (unpaired) electrons. The van der Waals surface area contributed by atoms with Gasteiger partial charge in [0.1, 0.15) is 11.9 Å². The summed E-state index contributed by atoms with van der Waals surface area (Å²) in [7, 11) is -3.86. The van der Waals surface area contributed by atoms with Gasteiger partial charge in [-0.3, -0.25) is 14.5 Å². The fraction of sp³-hybridized carbons (Fsp3) is 0.440. The number of amides is 2. The van der Waals surface area contributed by atoms with Crippen LogP contribution in [0.15, 0.2) is 48.5 Å². The summed E-state index contributed by atoms with van der Waals surface area (Å²) >= 11 is 6.50. The summed E-state index contributed by atoms with van der Waals surface area (Å²) in [5.41, 5.74) is 0.465. The molecule has 1 unspecified atom stereocenters. The standard InChI is InChI=1S/C25H30ClFN4O4S/c1-17(29-36(34,35)30-14-15-30)25(33)31(20-11-7-8-18(27)16-20)23(21-12-5-6-13-22(21)26)24(32)28-19-9-3-2-4-10-19/h5-8,11-13,16-17,19,23,29H,2-4,9-10,14-15H2,1H3,(H,28,32)/t17-,23?/m1/s1. The molecule has 4 rings (SSSR count). The molecule has 2 fully saturated rings. The molecule has 2 atom stereocenters. The summed E-state index contributed by atoms with van der Waals surface area (Å²) in [5, 5.41) is 3.30. The van der Waals surface area contributed by atoms with E-state index in [1.54, 1.807) is 24.3 Å². The quantitative estimate of drug-likeness (QED) is 0.479. The van der Waals surface area contributed by atoms with Crippen LogP contribution in [0.5, 0.6) is 0 Å². The van der Waals surface area contributed by atoms with Crippen molar-refractivity contribution in [2.24, 2.45) is 0 Å². The van der Waals surface area contributed by atoms with Gasteiger partial charge in [0.05, 0.1) is 6.04 Å². The van der Waals surface area contributed by atoms with Gasteiger partial charge in [-0.05, 0) is 44.0 Å². The third-order valence-corrected chi connectivity index (χ3v) is 8.46. The van der Waals surface area contributed by atoms with E-state index in [0.29, 0.717) is 18.7 Å². The first kappa shape index (κ1) is 26.5.